The van der Waals surface area contributed by atoms with E-state index in [4.69, 9.17) is 29.5 Å². The Morgan fingerprint density at radius 1 is 0.889 bits per heavy atom. The summed E-state index contributed by atoms with van der Waals surface area (Å²) in [5.41, 5.74) is 4.09. The van der Waals surface area contributed by atoms with E-state index in [9.17, 15) is 29.1 Å². The van der Waals surface area contributed by atoms with Crippen molar-refractivity contribution in [3.05, 3.63) is 51.9 Å². The van der Waals surface area contributed by atoms with Crippen molar-refractivity contribution in [3.8, 4) is 5.75 Å². The summed E-state index contributed by atoms with van der Waals surface area (Å²) in [5, 5.41) is 21.2. The topological polar surface area (TPSA) is 196 Å². The number of esters is 3. The minimum Gasteiger partial charge on any atom is -0.508 e. The number of hydrogen-bond acceptors (Lipinski definition) is 12. The fraction of sp³-hybridized carbons (Fsp3) is 0.469. The van der Waals surface area contributed by atoms with Crippen LogP contribution in [-0.2, 0) is 46.5 Å². The number of aliphatic carboxylic acids is 1. The second kappa shape index (κ2) is 14.1. The summed E-state index contributed by atoms with van der Waals surface area (Å²) in [6, 6.07) is 6.28. The van der Waals surface area contributed by atoms with Crippen molar-refractivity contribution >= 4 is 45.6 Å². The van der Waals surface area contributed by atoms with Gasteiger partial charge in [0.25, 0.3) is 0 Å². The minimum atomic E-state index is -1.23. The second-order valence-corrected chi connectivity index (χ2v) is 12.7. The Morgan fingerprint density at radius 2 is 1.44 bits per heavy atom. The number of nitrogens with two attached hydrogens (primary N) is 1. The van der Waals surface area contributed by atoms with Crippen LogP contribution in [0.3, 0.4) is 0 Å². The molecule has 1 heterocycles. The number of aromatic hydroxyl groups is 1. The minimum absolute atomic E-state index is 0.0623. The summed E-state index contributed by atoms with van der Waals surface area (Å²) in [7, 11) is 0. The second-order valence-electron chi connectivity index (χ2n) is 12.7. The first kappa shape index (κ1) is 35.0. The summed E-state index contributed by atoms with van der Waals surface area (Å²) in [6.07, 6.45) is -0.330. The van der Waals surface area contributed by atoms with Crippen LogP contribution in [0.25, 0.3) is 21.7 Å². The number of ether oxygens (including phenoxy) is 3. The number of phenols is 1. The van der Waals surface area contributed by atoms with E-state index in [1.165, 1.54) is 17.0 Å². The maximum absolute atomic E-state index is 12.7. The van der Waals surface area contributed by atoms with Crippen molar-refractivity contribution in [2.75, 3.05) is 13.1 Å². The van der Waals surface area contributed by atoms with Gasteiger partial charge in [-0.25, -0.2) is 4.79 Å². The SMILES string of the molecule is CC(C)(C)OC(=O)CN(CC(=O)OC(C)(C)C)Cc1c(O)ccc2c1ccc1c(COC(=O)CC[C@H](N)C(=O)O)cc(=O)oc12. The van der Waals surface area contributed by atoms with E-state index in [1.54, 1.807) is 59.7 Å². The first-order valence-electron chi connectivity index (χ1n) is 14.3. The van der Waals surface area contributed by atoms with Crippen molar-refractivity contribution in [1.82, 2.24) is 4.90 Å². The maximum Gasteiger partial charge on any atom is 0.336 e. The molecule has 0 fully saturated rings. The van der Waals surface area contributed by atoms with Crippen molar-refractivity contribution in [3.63, 3.8) is 0 Å². The van der Waals surface area contributed by atoms with Crippen LogP contribution in [0.4, 0.5) is 0 Å². The van der Waals surface area contributed by atoms with E-state index in [0.29, 0.717) is 27.3 Å². The molecule has 0 saturated heterocycles. The van der Waals surface area contributed by atoms with E-state index >= 15 is 0 Å². The highest BCUT2D eigenvalue weighted by atomic mass is 16.6. The quantitative estimate of drug-likeness (QED) is 0.114. The molecule has 45 heavy (non-hydrogen) atoms. The molecular formula is C32H40N2O11. The van der Waals surface area contributed by atoms with E-state index < -0.39 is 46.7 Å². The van der Waals surface area contributed by atoms with Crippen molar-refractivity contribution in [2.45, 2.75) is 84.8 Å². The van der Waals surface area contributed by atoms with Gasteiger partial charge >= 0.3 is 29.5 Å². The molecule has 0 aliphatic rings. The monoisotopic (exact) mass is 628 g/mol. The summed E-state index contributed by atoms with van der Waals surface area (Å²) in [4.78, 5) is 62.6. The molecule has 1 aromatic heterocycles. The molecule has 0 bridgehead atoms. The van der Waals surface area contributed by atoms with Crippen LogP contribution in [0.15, 0.2) is 39.5 Å². The third-order valence-corrected chi connectivity index (χ3v) is 6.37. The third-order valence-electron chi connectivity index (χ3n) is 6.37. The Bertz CT molecular complexity index is 1620. The van der Waals surface area contributed by atoms with Gasteiger partial charge in [-0.1, -0.05) is 12.1 Å². The largest absolute Gasteiger partial charge is 0.508 e. The smallest absolute Gasteiger partial charge is 0.336 e. The highest BCUT2D eigenvalue weighted by Gasteiger charge is 2.25. The van der Waals surface area contributed by atoms with Gasteiger partial charge in [0.1, 0.15) is 35.2 Å². The Balaban J connectivity index is 1.96. The molecule has 0 amide bonds. The van der Waals surface area contributed by atoms with Crippen LogP contribution in [0.2, 0.25) is 0 Å². The van der Waals surface area contributed by atoms with Gasteiger partial charge in [0.15, 0.2) is 0 Å². The van der Waals surface area contributed by atoms with E-state index in [2.05, 4.69) is 0 Å². The van der Waals surface area contributed by atoms with Crippen LogP contribution >= 0.6 is 0 Å². The lowest BCUT2D eigenvalue weighted by Crippen LogP contribution is -2.39. The molecule has 1 atom stereocenters. The first-order chi connectivity index (χ1) is 20.8. The number of carbonyl (C=O) groups excluding carboxylic acids is 3. The summed E-state index contributed by atoms with van der Waals surface area (Å²) in [6.45, 7) is 9.46. The van der Waals surface area contributed by atoms with Gasteiger partial charge in [0.05, 0.1) is 13.1 Å². The number of hydrogen-bond donors (Lipinski definition) is 3. The molecule has 3 rings (SSSR count). The molecule has 3 aromatic rings. The van der Waals surface area contributed by atoms with Crippen LogP contribution in [0, 0.1) is 0 Å². The number of fused-ring (bicyclic) bond motifs is 3. The molecule has 13 nitrogen and oxygen atoms in total. The molecule has 2 aromatic carbocycles. The van der Waals surface area contributed by atoms with Crippen LogP contribution in [-0.4, -0.2) is 69.3 Å². The van der Waals surface area contributed by atoms with Crippen molar-refractivity contribution < 1.29 is 48.0 Å². The zero-order chi connectivity index (χ0) is 33.7. The lowest BCUT2D eigenvalue weighted by atomic mass is 9.99. The van der Waals surface area contributed by atoms with E-state index in [-0.39, 0.29) is 50.4 Å². The average Bonchev–Trinajstić information content (AvgIpc) is 2.89. The predicted octanol–water partition coefficient (Wildman–Crippen LogP) is 3.37. The average molecular weight is 629 g/mol. The number of benzene rings is 2. The Kier molecular flexibility index (Phi) is 10.9. The Morgan fingerprint density at radius 3 is 2.00 bits per heavy atom. The van der Waals surface area contributed by atoms with E-state index in [0.717, 1.165) is 0 Å². The highest BCUT2D eigenvalue weighted by molar-refractivity contribution is 6.06. The summed E-state index contributed by atoms with van der Waals surface area (Å²) in [5.74, 6) is -3.19. The van der Waals surface area contributed by atoms with Gasteiger partial charge in [-0.3, -0.25) is 24.1 Å². The van der Waals surface area contributed by atoms with Gasteiger partial charge in [0.2, 0.25) is 0 Å². The van der Waals surface area contributed by atoms with Gasteiger partial charge < -0.3 is 34.6 Å². The maximum atomic E-state index is 12.7. The molecule has 0 unspecified atom stereocenters. The fourth-order valence-corrected chi connectivity index (χ4v) is 4.56. The van der Waals surface area contributed by atoms with Crippen molar-refractivity contribution in [2.24, 2.45) is 5.73 Å². The number of carboxylic acid groups (broad SMARTS) is 1. The number of carboxylic acids is 1. The Hall–Kier alpha value is -4.49. The van der Waals surface area contributed by atoms with Gasteiger partial charge in [-0.05, 0) is 65.5 Å². The highest BCUT2D eigenvalue weighted by Crippen LogP contribution is 2.34. The fourth-order valence-electron chi connectivity index (χ4n) is 4.56. The molecule has 0 spiro atoms. The van der Waals surface area contributed by atoms with Gasteiger partial charge in [0, 0.05) is 40.9 Å². The number of rotatable bonds is 12. The normalized spacial score (nSPS) is 12.7. The van der Waals surface area contributed by atoms with Crippen LogP contribution in [0.5, 0.6) is 5.75 Å². The van der Waals surface area contributed by atoms with Crippen LogP contribution in [0.1, 0.15) is 65.5 Å². The summed E-state index contributed by atoms with van der Waals surface area (Å²) < 4.78 is 21.7. The molecule has 244 valence electrons. The Labute approximate surface area is 259 Å². The predicted molar refractivity (Wildman–Crippen MR) is 163 cm³/mol. The van der Waals surface area contributed by atoms with Crippen molar-refractivity contribution in [1.29, 1.82) is 0 Å². The zero-order valence-corrected chi connectivity index (χ0v) is 26.3. The summed E-state index contributed by atoms with van der Waals surface area (Å²) >= 11 is 0. The van der Waals surface area contributed by atoms with Gasteiger partial charge in [-0.15, -0.1) is 0 Å². The van der Waals surface area contributed by atoms with E-state index in [1.807, 2.05) is 0 Å². The lowest BCUT2D eigenvalue weighted by Gasteiger charge is -2.27. The molecule has 0 saturated carbocycles. The van der Waals surface area contributed by atoms with Gasteiger partial charge in [-0.2, -0.15) is 0 Å². The zero-order valence-electron chi connectivity index (χ0n) is 26.3. The lowest BCUT2D eigenvalue weighted by molar-refractivity contribution is -0.160. The molecule has 0 radical (unpaired) electrons. The molecule has 0 aliphatic carbocycles. The molecule has 4 N–H and O–H groups in total. The molecule has 0 aliphatic heterocycles. The first-order valence-corrected chi connectivity index (χ1v) is 14.3. The standard InChI is InChI=1S/C32H40N2O11/c1-31(2,3)44-27(38)15-34(16-28(39)45-32(4,5)6)14-22-20-8-7-19-18(17-42-25(36)12-10-23(33)30(40)41)13-26(37)43-29(19)21(20)9-11-24(22)35/h7-9,11,13,23,35H,10,12,14-17,33H2,1-6H3,(H,40,41)/t23-/m0/s1. The third kappa shape index (κ3) is 10.3. The molecule has 13 heteroatoms. The van der Waals surface area contributed by atoms with Crippen LogP contribution < -0.4 is 11.4 Å². The number of nitrogens with zero attached hydrogens (tertiary/aromatic N) is 1. The number of carbonyl (C=O) groups is 4. The molecular weight excluding hydrogens is 588 g/mol. The number of phenolic OH excluding ortho intramolecular Hbond substituents is 1.